The number of carboxylic acid groups (broad SMARTS) is 2. The van der Waals surface area contributed by atoms with Crippen molar-refractivity contribution in [2.45, 2.75) is 26.2 Å². The van der Waals surface area contributed by atoms with E-state index in [0.717, 1.165) is 0 Å². The minimum atomic E-state index is -1.05. The standard InChI is InChI=1S/C8H12O4/c1-8(7(11)12)4-2-3-5(8)6(9)10/h5H,2-4H2,1H3,(H,9,10)(H,11,12)/t5-,8-/m0/s1. The fourth-order valence-electron chi connectivity index (χ4n) is 1.82. The highest BCUT2D eigenvalue weighted by Crippen LogP contribution is 2.43. The highest BCUT2D eigenvalue weighted by Gasteiger charge is 2.48. The molecular weight excluding hydrogens is 160 g/mol. The molecule has 0 radical (unpaired) electrons. The summed E-state index contributed by atoms with van der Waals surface area (Å²) < 4.78 is 0. The first-order valence-electron chi connectivity index (χ1n) is 3.94. The molecule has 0 aromatic heterocycles. The van der Waals surface area contributed by atoms with Crippen molar-refractivity contribution in [3.63, 3.8) is 0 Å². The van der Waals surface area contributed by atoms with Crippen molar-refractivity contribution in [2.24, 2.45) is 11.3 Å². The van der Waals surface area contributed by atoms with E-state index < -0.39 is 23.3 Å². The van der Waals surface area contributed by atoms with Gasteiger partial charge in [0.2, 0.25) is 0 Å². The number of hydrogen-bond donors (Lipinski definition) is 2. The van der Waals surface area contributed by atoms with E-state index in [1.165, 1.54) is 6.92 Å². The summed E-state index contributed by atoms with van der Waals surface area (Å²) in [5, 5.41) is 17.6. The molecule has 2 atom stereocenters. The number of aliphatic carboxylic acids is 2. The Labute approximate surface area is 70.2 Å². The predicted octanol–water partition coefficient (Wildman–Crippen LogP) is 0.962. The largest absolute Gasteiger partial charge is 0.481 e. The summed E-state index contributed by atoms with van der Waals surface area (Å²) in [6.07, 6.45) is 1.65. The molecule has 1 rings (SSSR count). The average Bonchev–Trinajstić information content (AvgIpc) is 2.32. The van der Waals surface area contributed by atoms with Crippen molar-refractivity contribution >= 4 is 11.9 Å². The summed E-state index contributed by atoms with van der Waals surface area (Å²) >= 11 is 0. The Hall–Kier alpha value is -1.06. The lowest BCUT2D eigenvalue weighted by Crippen LogP contribution is -2.35. The van der Waals surface area contributed by atoms with E-state index in [2.05, 4.69) is 0 Å². The van der Waals surface area contributed by atoms with Gasteiger partial charge in [-0.25, -0.2) is 0 Å². The molecule has 1 aliphatic rings. The third kappa shape index (κ3) is 1.17. The molecule has 0 saturated heterocycles. The molecule has 0 aliphatic heterocycles. The second-order valence-electron chi connectivity index (χ2n) is 3.51. The van der Waals surface area contributed by atoms with Crippen LogP contribution in [0.15, 0.2) is 0 Å². The first-order chi connectivity index (χ1) is 5.48. The highest BCUT2D eigenvalue weighted by atomic mass is 16.4. The van der Waals surface area contributed by atoms with E-state index in [9.17, 15) is 9.59 Å². The Morgan fingerprint density at radius 1 is 1.42 bits per heavy atom. The third-order valence-electron chi connectivity index (χ3n) is 2.74. The Morgan fingerprint density at radius 2 is 2.00 bits per heavy atom. The van der Waals surface area contributed by atoms with Crippen molar-refractivity contribution in [1.29, 1.82) is 0 Å². The van der Waals surface area contributed by atoms with Crippen LogP contribution in [0.2, 0.25) is 0 Å². The van der Waals surface area contributed by atoms with Crippen LogP contribution in [0.1, 0.15) is 26.2 Å². The van der Waals surface area contributed by atoms with Gasteiger partial charge in [0.25, 0.3) is 0 Å². The molecule has 1 aliphatic carbocycles. The Balaban J connectivity index is 2.89. The van der Waals surface area contributed by atoms with Crippen molar-refractivity contribution < 1.29 is 19.8 Å². The molecule has 0 aromatic rings. The molecule has 1 fully saturated rings. The zero-order valence-corrected chi connectivity index (χ0v) is 6.91. The van der Waals surface area contributed by atoms with Gasteiger partial charge in [-0.1, -0.05) is 6.42 Å². The lowest BCUT2D eigenvalue weighted by molar-refractivity contribution is -0.159. The quantitative estimate of drug-likeness (QED) is 0.650. The second kappa shape index (κ2) is 2.77. The molecular formula is C8H12O4. The first kappa shape index (κ1) is 9.03. The summed E-state index contributed by atoms with van der Waals surface area (Å²) in [7, 11) is 0. The minimum absolute atomic E-state index is 0.472. The van der Waals surface area contributed by atoms with Gasteiger partial charge in [-0.3, -0.25) is 9.59 Å². The van der Waals surface area contributed by atoms with E-state index in [1.807, 2.05) is 0 Å². The number of hydrogen-bond acceptors (Lipinski definition) is 2. The SMILES string of the molecule is C[C@]1(C(=O)O)CCC[C@H]1C(=O)O. The fraction of sp³-hybridized carbons (Fsp3) is 0.750. The van der Waals surface area contributed by atoms with Gasteiger partial charge in [0, 0.05) is 0 Å². The lowest BCUT2D eigenvalue weighted by Gasteiger charge is -2.22. The predicted molar refractivity (Wildman–Crippen MR) is 40.7 cm³/mol. The summed E-state index contributed by atoms with van der Waals surface area (Å²) in [5.74, 6) is -2.69. The van der Waals surface area contributed by atoms with Gasteiger partial charge in [-0.15, -0.1) is 0 Å². The van der Waals surface area contributed by atoms with E-state index in [4.69, 9.17) is 10.2 Å². The van der Waals surface area contributed by atoms with Crippen LogP contribution < -0.4 is 0 Å². The Kier molecular flexibility index (Phi) is 2.08. The van der Waals surface area contributed by atoms with Gasteiger partial charge in [0.05, 0.1) is 11.3 Å². The molecule has 4 nitrogen and oxygen atoms in total. The van der Waals surface area contributed by atoms with Crippen LogP contribution in [0.25, 0.3) is 0 Å². The first-order valence-corrected chi connectivity index (χ1v) is 3.94. The summed E-state index contributed by atoms with van der Waals surface area (Å²) in [4.78, 5) is 21.4. The fourth-order valence-corrected chi connectivity index (χ4v) is 1.82. The molecule has 2 N–H and O–H groups in total. The molecule has 0 amide bonds. The average molecular weight is 172 g/mol. The minimum Gasteiger partial charge on any atom is -0.481 e. The topological polar surface area (TPSA) is 74.6 Å². The molecule has 0 heterocycles. The zero-order chi connectivity index (χ0) is 9.35. The van der Waals surface area contributed by atoms with Crippen molar-refractivity contribution in [3.05, 3.63) is 0 Å². The van der Waals surface area contributed by atoms with E-state index in [1.54, 1.807) is 0 Å². The summed E-state index contributed by atoms with van der Waals surface area (Å²) in [6.45, 7) is 1.52. The number of carboxylic acids is 2. The normalized spacial score (nSPS) is 34.9. The molecule has 68 valence electrons. The van der Waals surface area contributed by atoms with E-state index in [0.29, 0.717) is 19.3 Å². The molecule has 12 heavy (non-hydrogen) atoms. The van der Waals surface area contributed by atoms with Crippen LogP contribution in [0.5, 0.6) is 0 Å². The smallest absolute Gasteiger partial charge is 0.310 e. The maximum absolute atomic E-state index is 10.8. The molecule has 0 unspecified atom stereocenters. The summed E-state index contributed by atoms with van der Waals surface area (Å²) in [5.41, 5.74) is -1.05. The number of rotatable bonds is 2. The van der Waals surface area contributed by atoms with Crippen molar-refractivity contribution in [3.8, 4) is 0 Å². The lowest BCUT2D eigenvalue weighted by atomic mass is 9.80. The van der Waals surface area contributed by atoms with Crippen LogP contribution in [-0.4, -0.2) is 22.2 Å². The molecule has 0 spiro atoms. The maximum atomic E-state index is 10.8. The molecule has 4 heteroatoms. The molecule has 0 aromatic carbocycles. The van der Waals surface area contributed by atoms with Crippen LogP contribution in [0.4, 0.5) is 0 Å². The monoisotopic (exact) mass is 172 g/mol. The second-order valence-corrected chi connectivity index (χ2v) is 3.51. The van der Waals surface area contributed by atoms with Crippen LogP contribution in [0, 0.1) is 11.3 Å². The van der Waals surface area contributed by atoms with Crippen LogP contribution >= 0.6 is 0 Å². The van der Waals surface area contributed by atoms with Crippen LogP contribution in [-0.2, 0) is 9.59 Å². The van der Waals surface area contributed by atoms with E-state index in [-0.39, 0.29) is 0 Å². The summed E-state index contributed by atoms with van der Waals surface area (Å²) in [6, 6.07) is 0. The van der Waals surface area contributed by atoms with Gasteiger partial charge in [0.1, 0.15) is 0 Å². The van der Waals surface area contributed by atoms with Gasteiger partial charge < -0.3 is 10.2 Å². The highest BCUT2D eigenvalue weighted by molar-refractivity contribution is 5.83. The Morgan fingerprint density at radius 3 is 2.33 bits per heavy atom. The van der Waals surface area contributed by atoms with Crippen LogP contribution in [0.3, 0.4) is 0 Å². The Bertz CT molecular complexity index is 223. The van der Waals surface area contributed by atoms with Gasteiger partial charge >= 0.3 is 11.9 Å². The molecule has 0 bridgehead atoms. The van der Waals surface area contributed by atoms with Gasteiger partial charge in [0.15, 0.2) is 0 Å². The van der Waals surface area contributed by atoms with E-state index >= 15 is 0 Å². The van der Waals surface area contributed by atoms with Gasteiger partial charge in [-0.2, -0.15) is 0 Å². The third-order valence-corrected chi connectivity index (χ3v) is 2.74. The van der Waals surface area contributed by atoms with Crippen molar-refractivity contribution in [2.75, 3.05) is 0 Å². The van der Waals surface area contributed by atoms with Crippen molar-refractivity contribution in [1.82, 2.24) is 0 Å². The molecule has 1 saturated carbocycles. The zero-order valence-electron chi connectivity index (χ0n) is 6.91. The number of carbonyl (C=O) groups is 2. The maximum Gasteiger partial charge on any atom is 0.310 e. The van der Waals surface area contributed by atoms with Gasteiger partial charge in [-0.05, 0) is 19.8 Å².